The highest BCUT2D eigenvalue weighted by Gasteiger charge is 2.23. The molecule has 1 fully saturated rings. The quantitative estimate of drug-likeness (QED) is 0.157. The van der Waals surface area contributed by atoms with Crippen molar-refractivity contribution in [2.24, 2.45) is 0 Å². The molecular weight excluding hydrogens is 590 g/mol. The zero-order chi connectivity index (χ0) is 32.3. The molecule has 0 spiro atoms. The Morgan fingerprint density at radius 2 is 1.67 bits per heavy atom. The van der Waals surface area contributed by atoms with E-state index in [0.29, 0.717) is 50.1 Å². The van der Waals surface area contributed by atoms with E-state index in [0.717, 1.165) is 55.0 Å². The SMILES string of the molecule is Cc1nc2cnc(Nc3ccnc(N4CCC(Oc5ccc(CCOCCOCCOCC(=O)O)cc5)CC4)n3)cc2n1C(C)C. The summed E-state index contributed by atoms with van der Waals surface area (Å²) in [6.45, 7) is 9.72. The van der Waals surface area contributed by atoms with E-state index in [1.54, 1.807) is 12.4 Å². The second kappa shape index (κ2) is 16.3. The highest BCUT2D eigenvalue weighted by Crippen LogP contribution is 2.25. The van der Waals surface area contributed by atoms with E-state index in [9.17, 15) is 4.79 Å². The number of anilines is 3. The maximum absolute atomic E-state index is 10.4. The number of carbonyl (C=O) groups is 1. The van der Waals surface area contributed by atoms with Crippen molar-refractivity contribution in [1.82, 2.24) is 24.5 Å². The number of aromatic nitrogens is 5. The standard InChI is InChI=1S/C33H43N7O6/c1-23(2)40-24(3)36-28-21-35-31(20-29(28)40)37-30-8-12-34-33(38-30)39-13-9-27(10-14-39)46-26-6-4-25(5-7-26)11-15-43-16-17-44-18-19-45-22-32(41)42/h4-8,12,20-21,23,27H,9-11,13-19,22H2,1-3H3,(H,41,42)(H,34,35,37,38). The van der Waals surface area contributed by atoms with Crippen LogP contribution in [-0.4, -0.2) is 94.4 Å². The number of carboxylic acid groups (broad SMARTS) is 1. The highest BCUT2D eigenvalue weighted by atomic mass is 16.5. The molecule has 5 rings (SSSR count). The van der Waals surface area contributed by atoms with Gasteiger partial charge in [-0.05, 0) is 51.0 Å². The summed E-state index contributed by atoms with van der Waals surface area (Å²) < 4.78 is 24.4. The molecule has 3 aromatic heterocycles. The van der Waals surface area contributed by atoms with Crippen molar-refractivity contribution in [2.75, 3.05) is 62.9 Å². The molecule has 0 bridgehead atoms. The number of aryl methyl sites for hydroxylation is 1. The molecular formula is C33H43N7O6. The molecule has 4 heterocycles. The van der Waals surface area contributed by atoms with E-state index in [-0.39, 0.29) is 19.3 Å². The topological polar surface area (TPSA) is 146 Å². The molecule has 46 heavy (non-hydrogen) atoms. The monoisotopic (exact) mass is 633 g/mol. The van der Waals surface area contributed by atoms with Crippen LogP contribution in [0.25, 0.3) is 11.0 Å². The van der Waals surface area contributed by atoms with Gasteiger partial charge in [0.2, 0.25) is 5.95 Å². The van der Waals surface area contributed by atoms with Gasteiger partial charge in [-0.3, -0.25) is 0 Å². The first-order valence-electron chi connectivity index (χ1n) is 15.8. The van der Waals surface area contributed by atoms with E-state index < -0.39 is 5.97 Å². The van der Waals surface area contributed by atoms with Gasteiger partial charge in [0.1, 0.15) is 41.4 Å². The number of pyridine rings is 1. The number of nitrogens with zero attached hydrogens (tertiary/aromatic N) is 6. The maximum atomic E-state index is 10.4. The summed E-state index contributed by atoms with van der Waals surface area (Å²) in [4.78, 5) is 31.1. The third-order valence-corrected chi connectivity index (χ3v) is 7.62. The molecule has 0 amide bonds. The maximum Gasteiger partial charge on any atom is 0.329 e. The molecule has 0 unspecified atom stereocenters. The second-order valence-corrected chi connectivity index (χ2v) is 11.4. The Morgan fingerprint density at radius 1 is 0.957 bits per heavy atom. The van der Waals surface area contributed by atoms with Crippen molar-refractivity contribution in [3.8, 4) is 5.75 Å². The predicted octanol–water partition coefficient (Wildman–Crippen LogP) is 4.58. The lowest BCUT2D eigenvalue weighted by Crippen LogP contribution is -2.39. The molecule has 2 N–H and O–H groups in total. The number of hydrogen-bond acceptors (Lipinski definition) is 11. The Balaban J connectivity index is 1.02. The first-order valence-corrected chi connectivity index (χ1v) is 15.8. The fourth-order valence-corrected chi connectivity index (χ4v) is 5.43. The Hall–Kier alpha value is -4.33. The molecule has 13 nitrogen and oxygen atoms in total. The van der Waals surface area contributed by atoms with Crippen LogP contribution in [0.15, 0.2) is 48.8 Å². The fourth-order valence-electron chi connectivity index (χ4n) is 5.43. The van der Waals surface area contributed by atoms with E-state index in [2.05, 4.69) is 55.7 Å². The Labute approximate surface area is 268 Å². The summed E-state index contributed by atoms with van der Waals surface area (Å²) in [5, 5.41) is 11.9. The van der Waals surface area contributed by atoms with Gasteiger partial charge >= 0.3 is 5.97 Å². The highest BCUT2D eigenvalue weighted by molar-refractivity contribution is 5.79. The number of nitrogens with one attached hydrogen (secondary N) is 1. The summed E-state index contributed by atoms with van der Waals surface area (Å²) in [6.07, 6.45) is 6.25. The molecule has 0 atom stereocenters. The first kappa shape index (κ1) is 33.0. The predicted molar refractivity (Wildman–Crippen MR) is 174 cm³/mol. The van der Waals surface area contributed by atoms with Crippen LogP contribution < -0.4 is 15.0 Å². The van der Waals surface area contributed by atoms with Crippen LogP contribution in [0.5, 0.6) is 5.75 Å². The van der Waals surface area contributed by atoms with Gasteiger partial charge in [-0.1, -0.05) is 12.1 Å². The Morgan fingerprint density at radius 3 is 2.39 bits per heavy atom. The third kappa shape index (κ3) is 9.35. The normalized spacial score (nSPS) is 13.9. The van der Waals surface area contributed by atoms with Crippen LogP contribution >= 0.6 is 0 Å². The van der Waals surface area contributed by atoms with Gasteiger partial charge in [-0.2, -0.15) is 4.98 Å². The van der Waals surface area contributed by atoms with Crippen molar-refractivity contribution in [2.45, 2.75) is 52.2 Å². The van der Waals surface area contributed by atoms with Crippen LogP contribution in [0.2, 0.25) is 0 Å². The van der Waals surface area contributed by atoms with E-state index >= 15 is 0 Å². The summed E-state index contributed by atoms with van der Waals surface area (Å²) in [6, 6.07) is 12.3. The molecule has 0 aliphatic carbocycles. The molecule has 246 valence electrons. The zero-order valence-electron chi connectivity index (χ0n) is 26.7. The lowest BCUT2D eigenvalue weighted by atomic mass is 10.1. The largest absolute Gasteiger partial charge is 0.490 e. The van der Waals surface area contributed by atoms with Crippen molar-refractivity contribution in [1.29, 1.82) is 0 Å². The molecule has 1 aliphatic heterocycles. The molecule has 1 saturated heterocycles. The van der Waals surface area contributed by atoms with Crippen LogP contribution in [0, 0.1) is 6.92 Å². The van der Waals surface area contributed by atoms with Crippen molar-refractivity contribution < 1.29 is 28.8 Å². The summed E-state index contributed by atoms with van der Waals surface area (Å²) in [7, 11) is 0. The minimum absolute atomic E-state index is 0.131. The number of benzene rings is 1. The summed E-state index contributed by atoms with van der Waals surface area (Å²) in [5.41, 5.74) is 3.10. The minimum Gasteiger partial charge on any atom is -0.490 e. The van der Waals surface area contributed by atoms with E-state index in [4.69, 9.17) is 29.0 Å². The third-order valence-electron chi connectivity index (χ3n) is 7.62. The van der Waals surface area contributed by atoms with Crippen LogP contribution in [0.3, 0.4) is 0 Å². The smallest absolute Gasteiger partial charge is 0.329 e. The number of rotatable bonds is 17. The summed E-state index contributed by atoms with van der Waals surface area (Å²) >= 11 is 0. The van der Waals surface area contributed by atoms with Gasteiger partial charge in [-0.25, -0.2) is 19.7 Å². The molecule has 1 aromatic carbocycles. The van der Waals surface area contributed by atoms with Gasteiger partial charge in [0, 0.05) is 44.2 Å². The Bertz CT molecular complexity index is 1550. The van der Waals surface area contributed by atoms with Gasteiger partial charge < -0.3 is 38.8 Å². The van der Waals surface area contributed by atoms with Gasteiger partial charge in [0.05, 0.1) is 44.7 Å². The van der Waals surface area contributed by atoms with Gasteiger partial charge in [0.25, 0.3) is 0 Å². The molecule has 13 heteroatoms. The molecule has 4 aromatic rings. The van der Waals surface area contributed by atoms with Crippen molar-refractivity contribution in [3.63, 3.8) is 0 Å². The molecule has 1 aliphatic rings. The van der Waals surface area contributed by atoms with Crippen LogP contribution in [0.1, 0.15) is 44.1 Å². The Kier molecular flexibility index (Phi) is 11.7. The number of piperidine rings is 1. The number of aliphatic carboxylic acids is 1. The lowest BCUT2D eigenvalue weighted by molar-refractivity contribution is -0.142. The molecule has 0 saturated carbocycles. The number of ether oxygens (including phenoxy) is 4. The van der Waals surface area contributed by atoms with E-state index in [1.807, 2.05) is 31.2 Å². The van der Waals surface area contributed by atoms with Gasteiger partial charge in [-0.15, -0.1) is 0 Å². The van der Waals surface area contributed by atoms with Gasteiger partial charge in [0.15, 0.2) is 0 Å². The number of imidazole rings is 1. The first-order chi connectivity index (χ1) is 22.4. The number of fused-ring (bicyclic) bond motifs is 1. The lowest BCUT2D eigenvalue weighted by Gasteiger charge is -2.32. The zero-order valence-corrected chi connectivity index (χ0v) is 26.7. The fraction of sp³-hybridized carbons (Fsp3) is 0.485. The second-order valence-electron chi connectivity index (χ2n) is 11.4. The number of hydrogen-bond donors (Lipinski definition) is 2. The number of carboxylic acids is 1. The average Bonchev–Trinajstić information content (AvgIpc) is 3.38. The molecule has 0 radical (unpaired) electrons. The van der Waals surface area contributed by atoms with Crippen LogP contribution in [-0.2, 0) is 25.4 Å². The van der Waals surface area contributed by atoms with Crippen molar-refractivity contribution >= 4 is 34.6 Å². The average molecular weight is 634 g/mol. The summed E-state index contributed by atoms with van der Waals surface area (Å²) in [5.74, 6) is 2.95. The minimum atomic E-state index is -0.986. The van der Waals surface area contributed by atoms with Crippen LogP contribution in [0.4, 0.5) is 17.6 Å². The van der Waals surface area contributed by atoms with E-state index in [1.165, 1.54) is 5.56 Å². The van der Waals surface area contributed by atoms with Crippen molar-refractivity contribution in [3.05, 3.63) is 60.2 Å².